The van der Waals surface area contributed by atoms with E-state index in [2.05, 4.69) is 52.5 Å². The lowest BCUT2D eigenvalue weighted by Gasteiger charge is -2.24. The van der Waals surface area contributed by atoms with Crippen LogP contribution in [0.15, 0.2) is 29.3 Å². The molecule has 1 atom stereocenters. The summed E-state index contributed by atoms with van der Waals surface area (Å²) in [5.41, 5.74) is 2.46. The van der Waals surface area contributed by atoms with Gasteiger partial charge < -0.3 is 15.4 Å². The van der Waals surface area contributed by atoms with Gasteiger partial charge in [-0.2, -0.15) is 11.8 Å². The summed E-state index contributed by atoms with van der Waals surface area (Å²) in [7, 11) is 3.55. The van der Waals surface area contributed by atoms with Crippen molar-refractivity contribution in [1.29, 1.82) is 0 Å². The van der Waals surface area contributed by atoms with E-state index in [-0.39, 0.29) is 0 Å². The molecule has 1 unspecified atom stereocenters. The maximum Gasteiger partial charge on any atom is 0.191 e. The Hall–Kier alpha value is -1.20. The van der Waals surface area contributed by atoms with Gasteiger partial charge in [0.1, 0.15) is 0 Å². The standard InChI is InChI=1S/C17H27N3OS/c1-17(9-6-10-22-17)13-20-16(18-2)19-11-14-7-4-5-8-15(14)12-21-3/h4-5,7-8H,6,9-13H2,1-3H3,(H2,18,19,20). The number of benzene rings is 1. The fourth-order valence-corrected chi connectivity index (χ4v) is 3.92. The van der Waals surface area contributed by atoms with Gasteiger partial charge in [0.05, 0.1) is 6.61 Å². The van der Waals surface area contributed by atoms with Gasteiger partial charge in [-0.1, -0.05) is 24.3 Å². The van der Waals surface area contributed by atoms with E-state index in [0.29, 0.717) is 11.4 Å². The molecule has 1 fully saturated rings. The highest BCUT2D eigenvalue weighted by atomic mass is 32.2. The summed E-state index contributed by atoms with van der Waals surface area (Å²) >= 11 is 2.06. The Labute approximate surface area is 138 Å². The fraction of sp³-hybridized carbons (Fsp3) is 0.588. The number of thioether (sulfide) groups is 1. The summed E-state index contributed by atoms with van der Waals surface area (Å²) in [5, 5.41) is 6.86. The molecule has 1 heterocycles. The molecule has 5 heteroatoms. The molecule has 2 rings (SSSR count). The zero-order valence-electron chi connectivity index (χ0n) is 13.8. The second-order valence-corrected chi connectivity index (χ2v) is 7.57. The Bertz CT molecular complexity index is 498. The molecular formula is C17H27N3OS. The van der Waals surface area contributed by atoms with Gasteiger partial charge in [-0.15, -0.1) is 0 Å². The van der Waals surface area contributed by atoms with Crippen molar-refractivity contribution in [3.8, 4) is 0 Å². The van der Waals surface area contributed by atoms with E-state index in [4.69, 9.17) is 4.74 Å². The van der Waals surface area contributed by atoms with Crippen LogP contribution in [0.2, 0.25) is 0 Å². The normalized spacial score (nSPS) is 21.9. The summed E-state index contributed by atoms with van der Waals surface area (Å²) in [6.45, 7) is 4.68. The van der Waals surface area contributed by atoms with Crippen LogP contribution in [0.5, 0.6) is 0 Å². The molecule has 122 valence electrons. The van der Waals surface area contributed by atoms with Crippen molar-refractivity contribution in [2.45, 2.75) is 37.7 Å². The third-order valence-corrected chi connectivity index (χ3v) is 5.56. The van der Waals surface area contributed by atoms with Crippen molar-refractivity contribution in [3.63, 3.8) is 0 Å². The molecule has 22 heavy (non-hydrogen) atoms. The first-order valence-electron chi connectivity index (χ1n) is 7.81. The molecule has 0 aliphatic carbocycles. The molecule has 1 aromatic carbocycles. The maximum atomic E-state index is 5.25. The minimum Gasteiger partial charge on any atom is -0.380 e. The maximum absolute atomic E-state index is 5.25. The number of hydrogen-bond donors (Lipinski definition) is 2. The molecular weight excluding hydrogens is 294 g/mol. The summed E-state index contributed by atoms with van der Waals surface area (Å²) in [6.07, 6.45) is 2.59. The Morgan fingerprint density at radius 2 is 2.09 bits per heavy atom. The van der Waals surface area contributed by atoms with Gasteiger partial charge in [0.25, 0.3) is 0 Å². The van der Waals surface area contributed by atoms with Crippen LogP contribution in [0, 0.1) is 0 Å². The van der Waals surface area contributed by atoms with E-state index in [0.717, 1.165) is 19.0 Å². The summed E-state index contributed by atoms with van der Waals surface area (Å²) in [6, 6.07) is 8.33. The minimum atomic E-state index is 0.339. The molecule has 0 aromatic heterocycles. The van der Waals surface area contributed by atoms with Gasteiger partial charge in [0.15, 0.2) is 5.96 Å². The smallest absolute Gasteiger partial charge is 0.191 e. The van der Waals surface area contributed by atoms with E-state index in [1.54, 1.807) is 7.11 Å². The Morgan fingerprint density at radius 3 is 2.73 bits per heavy atom. The highest BCUT2D eigenvalue weighted by Crippen LogP contribution is 2.36. The largest absolute Gasteiger partial charge is 0.380 e. The highest BCUT2D eigenvalue weighted by molar-refractivity contribution is 8.00. The van der Waals surface area contributed by atoms with Crippen LogP contribution in [0.25, 0.3) is 0 Å². The van der Waals surface area contributed by atoms with Crippen LogP contribution in [0.4, 0.5) is 0 Å². The monoisotopic (exact) mass is 321 g/mol. The van der Waals surface area contributed by atoms with Gasteiger partial charge in [-0.25, -0.2) is 0 Å². The first-order chi connectivity index (χ1) is 10.7. The molecule has 4 nitrogen and oxygen atoms in total. The van der Waals surface area contributed by atoms with Crippen LogP contribution >= 0.6 is 11.8 Å². The first-order valence-corrected chi connectivity index (χ1v) is 8.79. The van der Waals surface area contributed by atoms with Gasteiger partial charge in [0, 0.05) is 32.0 Å². The number of guanidine groups is 1. The van der Waals surface area contributed by atoms with Crippen molar-refractivity contribution in [2.24, 2.45) is 4.99 Å². The van der Waals surface area contributed by atoms with E-state index in [1.165, 1.54) is 29.7 Å². The summed E-state index contributed by atoms with van der Waals surface area (Å²) in [5.74, 6) is 2.13. The molecule has 1 aliphatic rings. The predicted octanol–water partition coefficient (Wildman–Crippen LogP) is 2.78. The molecule has 2 N–H and O–H groups in total. The number of rotatable bonds is 6. The lowest BCUT2D eigenvalue weighted by Crippen LogP contribution is -2.43. The minimum absolute atomic E-state index is 0.339. The fourth-order valence-electron chi connectivity index (χ4n) is 2.67. The summed E-state index contributed by atoms with van der Waals surface area (Å²) < 4.78 is 5.59. The number of methoxy groups -OCH3 is 1. The SMILES string of the molecule is CN=C(NCc1ccccc1COC)NCC1(C)CCCS1. The molecule has 1 aromatic rings. The second-order valence-electron chi connectivity index (χ2n) is 5.88. The number of hydrogen-bond acceptors (Lipinski definition) is 3. The Balaban J connectivity index is 1.86. The lowest BCUT2D eigenvalue weighted by molar-refractivity contribution is 0.184. The van der Waals surface area contributed by atoms with Crippen LogP contribution in [0.3, 0.4) is 0 Å². The quantitative estimate of drug-likeness (QED) is 0.625. The number of nitrogens with zero attached hydrogens (tertiary/aromatic N) is 1. The average molecular weight is 321 g/mol. The van der Waals surface area contributed by atoms with Gasteiger partial charge in [-0.05, 0) is 36.6 Å². The van der Waals surface area contributed by atoms with Crippen molar-refractivity contribution in [1.82, 2.24) is 10.6 Å². The molecule has 1 aliphatic heterocycles. The Morgan fingerprint density at radius 1 is 1.32 bits per heavy atom. The highest BCUT2D eigenvalue weighted by Gasteiger charge is 2.29. The molecule has 0 bridgehead atoms. The number of ether oxygens (including phenoxy) is 1. The van der Waals surface area contributed by atoms with Crippen molar-refractivity contribution < 1.29 is 4.74 Å². The Kier molecular flexibility index (Phi) is 6.58. The second kappa shape index (κ2) is 8.44. The summed E-state index contributed by atoms with van der Waals surface area (Å²) in [4.78, 5) is 4.32. The molecule has 0 spiro atoms. The van der Waals surface area contributed by atoms with E-state index in [1.807, 2.05) is 13.1 Å². The first kappa shape index (κ1) is 17.2. The van der Waals surface area contributed by atoms with Crippen LogP contribution in [0.1, 0.15) is 30.9 Å². The molecule has 0 amide bonds. The van der Waals surface area contributed by atoms with Crippen LogP contribution in [-0.2, 0) is 17.9 Å². The lowest BCUT2D eigenvalue weighted by atomic mass is 10.1. The van der Waals surface area contributed by atoms with E-state index < -0.39 is 0 Å². The van der Waals surface area contributed by atoms with Gasteiger partial charge in [0.2, 0.25) is 0 Å². The van der Waals surface area contributed by atoms with Crippen molar-refractivity contribution in [3.05, 3.63) is 35.4 Å². The topological polar surface area (TPSA) is 45.7 Å². The molecule has 0 saturated carbocycles. The zero-order chi connectivity index (χ0) is 15.8. The number of nitrogens with one attached hydrogen (secondary N) is 2. The third-order valence-electron chi connectivity index (χ3n) is 4.02. The van der Waals surface area contributed by atoms with Crippen LogP contribution in [-0.4, -0.2) is 37.2 Å². The predicted molar refractivity (Wildman–Crippen MR) is 95.5 cm³/mol. The zero-order valence-corrected chi connectivity index (χ0v) is 14.6. The van der Waals surface area contributed by atoms with Crippen LogP contribution < -0.4 is 10.6 Å². The van der Waals surface area contributed by atoms with E-state index in [9.17, 15) is 0 Å². The third kappa shape index (κ3) is 4.92. The van der Waals surface area contributed by atoms with Crippen molar-refractivity contribution >= 4 is 17.7 Å². The molecule has 0 radical (unpaired) electrons. The van der Waals surface area contributed by atoms with E-state index >= 15 is 0 Å². The number of aliphatic imine (C=N–C) groups is 1. The molecule has 1 saturated heterocycles. The van der Waals surface area contributed by atoms with Crippen molar-refractivity contribution in [2.75, 3.05) is 26.5 Å². The van der Waals surface area contributed by atoms with Gasteiger partial charge in [-0.3, -0.25) is 4.99 Å². The average Bonchev–Trinajstić information content (AvgIpc) is 2.96. The van der Waals surface area contributed by atoms with Gasteiger partial charge >= 0.3 is 0 Å².